The van der Waals surface area contributed by atoms with Gasteiger partial charge < -0.3 is 10.1 Å². The maximum absolute atomic E-state index is 5.34. The quantitative estimate of drug-likeness (QED) is 0.755. The summed E-state index contributed by atoms with van der Waals surface area (Å²) in [4.78, 5) is 7.08. The van der Waals surface area contributed by atoms with Crippen LogP contribution in [0.3, 0.4) is 0 Å². The van der Waals surface area contributed by atoms with Gasteiger partial charge >= 0.3 is 0 Å². The van der Waals surface area contributed by atoms with Crippen molar-refractivity contribution in [3.63, 3.8) is 0 Å². The predicted octanol–water partition coefficient (Wildman–Crippen LogP) is 0.558. The van der Waals surface area contributed by atoms with Gasteiger partial charge in [-0.15, -0.1) is 0 Å². The number of rotatable bonds is 3. The molecule has 4 heteroatoms. The lowest BCUT2D eigenvalue weighted by Gasteiger charge is -2.26. The molecule has 3 rings (SSSR count). The van der Waals surface area contributed by atoms with Gasteiger partial charge in [-0.1, -0.05) is 6.07 Å². The van der Waals surface area contributed by atoms with Crippen molar-refractivity contribution in [2.24, 2.45) is 0 Å². The van der Waals surface area contributed by atoms with E-state index in [4.69, 9.17) is 4.74 Å². The van der Waals surface area contributed by atoms with E-state index in [1.54, 1.807) is 0 Å². The first kappa shape index (κ1) is 10.2. The molecule has 1 aromatic rings. The van der Waals surface area contributed by atoms with E-state index in [0.29, 0.717) is 6.04 Å². The zero-order valence-corrected chi connectivity index (χ0v) is 9.35. The highest BCUT2D eigenvalue weighted by Crippen LogP contribution is 2.19. The lowest BCUT2D eigenvalue weighted by atomic mass is 10.2. The third kappa shape index (κ3) is 2.40. The van der Waals surface area contributed by atoms with E-state index in [1.165, 1.54) is 11.4 Å². The second-order valence-corrected chi connectivity index (χ2v) is 4.40. The average Bonchev–Trinajstić information content (AvgIpc) is 3.15. The van der Waals surface area contributed by atoms with Crippen LogP contribution in [0.25, 0.3) is 0 Å². The summed E-state index contributed by atoms with van der Waals surface area (Å²) >= 11 is 0. The van der Waals surface area contributed by atoms with Crippen molar-refractivity contribution < 1.29 is 4.74 Å². The number of hydrogen-bond donors (Lipinski definition) is 1. The average molecular weight is 219 g/mol. The highest BCUT2D eigenvalue weighted by atomic mass is 16.5. The van der Waals surface area contributed by atoms with Gasteiger partial charge in [0.2, 0.25) is 0 Å². The molecule has 86 valence electrons. The first-order chi connectivity index (χ1) is 7.92. The van der Waals surface area contributed by atoms with Crippen molar-refractivity contribution in [2.75, 3.05) is 32.8 Å². The van der Waals surface area contributed by atoms with Gasteiger partial charge in [0.15, 0.2) is 0 Å². The van der Waals surface area contributed by atoms with Crippen LogP contribution in [0.15, 0.2) is 18.2 Å². The number of ether oxygens (including phenoxy) is 1. The lowest BCUT2D eigenvalue weighted by Crippen LogP contribution is -2.35. The van der Waals surface area contributed by atoms with Crippen LogP contribution in [-0.2, 0) is 11.3 Å². The van der Waals surface area contributed by atoms with Gasteiger partial charge in [-0.05, 0) is 12.1 Å². The van der Waals surface area contributed by atoms with Gasteiger partial charge in [-0.25, -0.2) is 0 Å². The van der Waals surface area contributed by atoms with Crippen molar-refractivity contribution in [1.82, 2.24) is 15.2 Å². The molecule has 2 aliphatic rings. The summed E-state index contributed by atoms with van der Waals surface area (Å²) in [5.74, 6) is 0. The summed E-state index contributed by atoms with van der Waals surface area (Å²) in [5, 5.41) is 3.29. The molecule has 0 bridgehead atoms. The van der Waals surface area contributed by atoms with Gasteiger partial charge in [-0.3, -0.25) is 9.88 Å². The highest BCUT2D eigenvalue weighted by molar-refractivity contribution is 5.18. The molecule has 2 saturated heterocycles. The number of nitrogens with zero attached hydrogens (tertiary/aromatic N) is 2. The fourth-order valence-electron chi connectivity index (χ4n) is 2.04. The van der Waals surface area contributed by atoms with Crippen LogP contribution in [0.2, 0.25) is 0 Å². The normalized spacial score (nSPS) is 25.6. The van der Waals surface area contributed by atoms with Gasteiger partial charge in [0.05, 0.1) is 30.6 Å². The molecule has 0 aromatic carbocycles. The van der Waals surface area contributed by atoms with Crippen molar-refractivity contribution in [3.05, 3.63) is 29.6 Å². The van der Waals surface area contributed by atoms with Crippen LogP contribution in [0.1, 0.15) is 17.4 Å². The molecule has 1 N–H and O–H groups in total. The number of hydrogen-bond acceptors (Lipinski definition) is 4. The molecule has 0 amide bonds. The summed E-state index contributed by atoms with van der Waals surface area (Å²) in [5.41, 5.74) is 2.36. The van der Waals surface area contributed by atoms with Crippen molar-refractivity contribution >= 4 is 0 Å². The van der Waals surface area contributed by atoms with E-state index in [0.717, 1.165) is 39.4 Å². The van der Waals surface area contributed by atoms with E-state index in [2.05, 4.69) is 33.4 Å². The standard InChI is InChI=1S/C12H17N3O/c1-2-10(9-15-4-6-16-7-5-15)14-11(3-1)12-8-13-12/h1-3,12-13H,4-9H2. The predicted molar refractivity (Wildman–Crippen MR) is 61.1 cm³/mol. The SMILES string of the molecule is c1cc(CN2CCOCC2)nc(C2CN2)c1. The van der Waals surface area contributed by atoms with Crippen LogP contribution in [0, 0.1) is 0 Å². The van der Waals surface area contributed by atoms with E-state index in [1.807, 2.05) is 0 Å². The van der Waals surface area contributed by atoms with E-state index in [9.17, 15) is 0 Å². The Labute approximate surface area is 95.6 Å². The highest BCUT2D eigenvalue weighted by Gasteiger charge is 2.23. The summed E-state index contributed by atoms with van der Waals surface area (Å²) < 4.78 is 5.34. The molecule has 0 radical (unpaired) electrons. The molecule has 1 atom stereocenters. The molecule has 3 heterocycles. The van der Waals surface area contributed by atoms with Crippen molar-refractivity contribution in [1.29, 1.82) is 0 Å². The number of aromatic nitrogens is 1. The topological polar surface area (TPSA) is 47.3 Å². The van der Waals surface area contributed by atoms with E-state index in [-0.39, 0.29) is 0 Å². The Bertz CT molecular complexity index is 359. The number of pyridine rings is 1. The molecular weight excluding hydrogens is 202 g/mol. The fraction of sp³-hybridized carbons (Fsp3) is 0.583. The first-order valence-corrected chi connectivity index (χ1v) is 5.91. The third-order valence-electron chi connectivity index (χ3n) is 3.08. The summed E-state index contributed by atoms with van der Waals surface area (Å²) in [6.45, 7) is 5.77. The van der Waals surface area contributed by atoms with Crippen molar-refractivity contribution in [3.8, 4) is 0 Å². The zero-order valence-electron chi connectivity index (χ0n) is 9.35. The number of nitrogens with one attached hydrogen (secondary N) is 1. The minimum Gasteiger partial charge on any atom is -0.379 e. The van der Waals surface area contributed by atoms with E-state index < -0.39 is 0 Å². The maximum atomic E-state index is 5.34. The second kappa shape index (κ2) is 4.49. The molecule has 0 aliphatic carbocycles. The summed E-state index contributed by atoms with van der Waals surface area (Å²) in [6, 6.07) is 6.83. The van der Waals surface area contributed by atoms with Crippen LogP contribution in [0.5, 0.6) is 0 Å². The molecular formula is C12H17N3O. The van der Waals surface area contributed by atoms with Crippen LogP contribution in [0.4, 0.5) is 0 Å². The molecule has 0 saturated carbocycles. The van der Waals surface area contributed by atoms with Crippen LogP contribution >= 0.6 is 0 Å². The zero-order chi connectivity index (χ0) is 10.8. The fourth-order valence-corrected chi connectivity index (χ4v) is 2.04. The summed E-state index contributed by atoms with van der Waals surface area (Å²) in [7, 11) is 0. The summed E-state index contributed by atoms with van der Waals surface area (Å²) in [6.07, 6.45) is 0. The first-order valence-electron chi connectivity index (χ1n) is 5.91. The molecule has 2 fully saturated rings. The smallest absolute Gasteiger partial charge is 0.0622 e. The Morgan fingerprint density at radius 2 is 2.19 bits per heavy atom. The Kier molecular flexibility index (Phi) is 2.86. The van der Waals surface area contributed by atoms with Gasteiger partial charge in [0.25, 0.3) is 0 Å². The molecule has 16 heavy (non-hydrogen) atoms. The molecule has 0 spiro atoms. The van der Waals surface area contributed by atoms with Crippen LogP contribution in [-0.4, -0.2) is 42.7 Å². The van der Waals surface area contributed by atoms with E-state index >= 15 is 0 Å². The second-order valence-electron chi connectivity index (χ2n) is 4.40. The molecule has 2 aliphatic heterocycles. The monoisotopic (exact) mass is 219 g/mol. The minimum absolute atomic E-state index is 0.504. The molecule has 4 nitrogen and oxygen atoms in total. The Morgan fingerprint density at radius 1 is 1.38 bits per heavy atom. The number of morpholine rings is 1. The van der Waals surface area contributed by atoms with Crippen LogP contribution < -0.4 is 5.32 Å². The minimum atomic E-state index is 0.504. The third-order valence-corrected chi connectivity index (χ3v) is 3.08. The van der Waals surface area contributed by atoms with Crippen molar-refractivity contribution in [2.45, 2.75) is 12.6 Å². The Morgan fingerprint density at radius 3 is 2.94 bits per heavy atom. The van der Waals surface area contributed by atoms with Gasteiger partial charge in [0.1, 0.15) is 0 Å². The largest absolute Gasteiger partial charge is 0.379 e. The molecule has 1 aromatic heterocycles. The van der Waals surface area contributed by atoms with Gasteiger partial charge in [0, 0.05) is 26.2 Å². The Balaban J connectivity index is 1.66. The van der Waals surface area contributed by atoms with Gasteiger partial charge in [-0.2, -0.15) is 0 Å². The lowest BCUT2D eigenvalue weighted by molar-refractivity contribution is 0.0336. The Hall–Kier alpha value is -0.970. The maximum Gasteiger partial charge on any atom is 0.0622 e. The molecule has 1 unspecified atom stereocenters.